The molecule has 5 heteroatoms. The molecule has 0 radical (unpaired) electrons. The minimum absolute atomic E-state index is 0.729. The average molecular weight is 287 g/mol. The van der Waals surface area contributed by atoms with Crippen LogP contribution in [0.15, 0.2) is 35.7 Å². The molecule has 0 atom stereocenters. The van der Waals surface area contributed by atoms with Crippen molar-refractivity contribution < 1.29 is 4.43 Å². The Kier molecular flexibility index (Phi) is 4.73. The van der Waals surface area contributed by atoms with Gasteiger partial charge in [-0.1, -0.05) is 6.07 Å². The lowest BCUT2D eigenvalue weighted by Crippen LogP contribution is -2.11. The number of imidazole rings is 1. The van der Waals surface area contributed by atoms with Crippen molar-refractivity contribution in [3.63, 3.8) is 0 Å². The molecular formula is C15H21N3OSi. The van der Waals surface area contributed by atoms with Crippen molar-refractivity contribution >= 4 is 20.9 Å². The summed E-state index contributed by atoms with van der Waals surface area (Å²) >= 11 is 0. The molecule has 0 saturated heterocycles. The summed E-state index contributed by atoms with van der Waals surface area (Å²) in [5.41, 5.74) is 3.11. The molecule has 0 N–H and O–H groups in total. The van der Waals surface area contributed by atoms with E-state index >= 15 is 0 Å². The van der Waals surface area contributed by atoms with Gasteiger partial charge in [0.05, 0.1) is 12.0 Å². The zero-order valence-corrected chi connectivity index (χ0v) is 13.7. The average Bonchev–Trinajstić information content (AvgIpc) is 2.78. The van der Waals surface area contributed by atoms with E-state index in [1.807, 2.05) is 30.1 Å². The second-order valence-electron chi connectivity index (χ2n) is 5.18. The second-order valence-corrected chi connectivity index (χ2v) is 7.52. The number of aromatic nitrogens is 2. The van der Waals surface area contributed by atoms with Gasteiger partial charge in [-0.15, -0.1) is 0 Å². The fourth-order valence-electron chi connectivity index (χ4n) is 1.89. The molecule has 2 rings (SSSR count). The highest BCUT2D eigenvalue weighted by Crippen LogP contribution is 2.28. The molecule has 0 aliphatic heterocycles. The minimum atomic E-state index is -1.12. The highest BCUT2D eigenvalue weighted by atomic mass is 28.3. The van der Waals surface area contributed by atoms with Crippen LogP contribution in [0.5, 0.6) is 5.75 Å². The minimum Gasteiger partial charge on any atom is -0.546 e. The number of nitrogens with zero attached hydrogens (tertiary/aromatic N) is 3. The first-order chi connectivity index (χ1) is 9.54. The zero-order chi connectivity index (χ0) is 14.5. The molecule has 1 heterocycles. The van der Waals surface area contributed by atoms with Gasteiger partial charge in [0.25, 0.3) is 0 Å². The van der Waals surface area contributed by atoms with Crippen molar-refractivity contribution in [2.24, 2.45) is 12.0 Å². The molecule has 20 heavy (non-hydrogen) atoms. The molecule has 0 spiro atoms. The molecule has 106 valence electrons. The molecule has 0 unspecified atom stereocenters. The fourth-order valence-corrected chi connectivity index (χ4v) is 2.60. The van der Waals surface area contributed by atoms with E-state index in [1.54, 1.807) is 6.33 Å². The Morgan fingerprint density at radius 2 is 2.20 bits per heavy atom. The van der Waals surface area contributed by atoms with E-state index in [4.69, 9.17) is 4.43 Å². The van der Waals surface area contributed by atoms with E-state index < -0.39 is 9.04 Å². The third-order valence-electron chi connectivity index (χ3n) is 2.77. The van der Waals surface area contributed by atoms with Crippen LogP contribution >= 0.6 is 0 Å². The van der Waals surface area contributed by atoms with E-state index in [0.29, 0.717) is 0 Å². The van der Waals surface area contributed by atoms with E-state index in [2.05, 4.69) is 42.1 Å². The summed E-state index contributed by atoms with van der Waals surface area (Å²) in [5, 5.41) is 0. The molecule has 0 aliphatic carbocycles. The van der Waals surface area contributed by atoms with Gasteiger partial charge in [0.15, 0.2) is 0 Å². The quantitative estimate of drug-likeness (QED) is 0.626. The number of aliphatic imine (C=N–C) groups is 1. The van der Waals surface area contributed by atoms with Crippen LogP contribution in [0, 0.1) is 6.92 Å². The van der Waals surface area contributed by atoms with Gasteiger partial charge in [-0.2, -0.15) is 0 Å². The van der Waals surface area contributed by atoms with Gasteiger partial charge in [0.2, 0.25) is 9.04 Å². The van der Waals surface area contributed by atoms with Crippen molar-refractivity contribution in [2.45, 2.75) is 26.4 Å². The fraction of sp³-hybridized carbons (Fsp3) is 0.333. The third-order valence-corrected chi connectivity index (χ3v) is 3.49. The Hall–Kier alpha value is -1.88. The lowest BCUT2D eigenvalue weighted by Gasteiger charge is -2.12. The molecule has 0 amide bonds. The van der Waals surface area contributed by atoms with E-state index in [-0.39, 0.29) is 0 Å². The van der Waals surface area contributed by atoms with Gasteiger partial charge in [-0.05, 0) is 37.7 Å². The zero-order valence-electron chi connectivity index (χ0n) is 12.5. The first kappa shape index (κ1) is 14.5. The summed E-state index contributed by atoms with van der Waals surface area (Å²) < 4.78 is 7.85. The van der Waals surface area contributed by atoms with Gasteiger partial charge >= 0.3 is 0 Å². The normalized spacial score (nSPS) is 11.4. The summed E-state index contributed by atoms with van der Waals surface area (Å²) in [7, 11) is 0.845. The van der Waals surface area contributed by atoms with E-state index in [1.165, 1.54) is 5.56 Å². The van der Waals surface area contributed by atoms with Crippen LogP contribution in [0.4, 0.5) is 5.69 Å². The number of hydrogen-bond acceptors (Lipinski definition) is 3. The SMILES string of the molecule is Cc1ccc(O[SiH](C)C)c(N=CCc2cn(C)cn2)c1. The standard InChI is InChI=1S/C15H21N3OSi/c1-12-5-6-15(19-20(3)4)14(9-12)16-8-7-13-10-18(2)11-17-13/h5-6,8-11,20H,7H2,1-4H3. The lowest BCUT2D eigenvalue weighted by molar-refractivity contribution is 0.582. The van der Waals surface area contributed by atoms with Crippen molar-refractivity contribution in [3.8, 4) is 5.75 Å². The molecule has 1 aromatic heterocycles. The van der Waals surface area contributed by atoms with Gasteiger partial charge < -0.3 is 8.99 Å². The Labute approximate surface area is 121 Å². The number of hydrogen-bond donors (Lipinski definition) is 0. The summed E-state index contributed by atoms with van der Waals surface area (Å²) in [6.45, 7) is 6.37. The molecule has 0 aliphatic rings. The van der Waals surface area contributed by atoms with Gasteiger partial charge in [-0.3, -0.25) is 4.99 Å². The third kappa shape index (κ3) is 4.06. The molecular weight excluding hydrogens is 266 g/mol. The lowest BCUT2D eigenvalue weighted by atomic mass is 10.2. The Bertz CT molecular complexity index is 605. The van der Waals surface area contributed by atoms with Crippen LogP contribution in [-0.2, 0) is 13.5 Å². The molecule has 0 saturated carbocycles. The largest absolute Gasteiger partial charge is 0.546 e. The predicted molar refractivity (Wildman–Crippen MR) is 85.7 cm³/mol. The van der Waals surface area contributed by atoms with Crippen molar-refractivity contribution in [2.75, 3.05) is 0 Å². The Morgan fingerprint density at radius 3 is 2.85 bits per heavy atom. The van der Waals surface area contributed by atoms with Crippen LogP contribution in [0.1, 0.15) is 11.3 Å². The van der Waals surface area contributed by atoms with Crippen LogP contribution in [0.3, 0.4) is 0 Å². The van der Waals surface area contributed by atoms with Crippen molar-refractivity contribution in [1.82, 2.24) is 9.55 Å². The molecule has 0 bridgehead atoms. The van der Waals surface area contributed by atoms with Crippen LogP contribution in [0.2, 0.25) is 13.1 Å². The molecule has 4 nitrogen and oxygen atoms in total. The molecule has 1 aromatic carbocycles. The maximum Gasteiger partial charge on any atom is 0.229 e. The van der Waals surface area contributed by atoms with Crippen molar-refractivity contribution in [3.05, 3.63) is 42.0 Å². The predicted octanol–water partition coefficient (Wildman–Crippen LogP) is 3.04. The monoisotopic (exact) mass is 287 g/mol. The van der Waals surface area contributed by atoms with Gasteiger partial charge in [0.1, 0.15) is 11.4 Å². The van der Waals surface area contributed by atoms with E-state index in [0.717, 1.165) is 23.6 Å². The Balaban J connectivity index is 2.12. The highest BCUT2D eigenvalue weighted by molar-refractivity contribution is 6.49. The second kappa shape index (κ2) is 6.52. The topological polar surface area (TPSA) is 39.4 Å². The van der Waals surface area contributed by atoms with Crippen LogP contribution in [-0.4, -0.2) is 24.8 Å². The summed E-state index contributed by atoms with van der Waals surface area (Å²) in [4.78, 5) is 8.83. The number of benzene rings is 1. The summed E-state index contributed by atoms with van der Waals surface area (Å²) in [6, 6.07) is 6.13. The smallest absolute Gasteiger partial charge is 0.229 e. The highest BCUT2D eigenvalue weighted by Gasteiger charge is 2.05. The summed E-state index contributed by atoms with van der Waals surface area (Å²) in [6.07, 6.45) is 6.43. The van der Waals surface area contributed by atoms with Gasteiger partial charge in [0, 0.05) is 25.9 Å². The number of aryl methyl sites for hydroxylation is 2. The van der Waals surface area contributed by atoms with Crippen molar-refractivity contribution in [1.29, 1.82) is 0 Å². The maximum absolute atomic E-state index is 5.91. The Morgan fingerprint density at radius 1 is 1.40 bits per heavy atom. The van der Waals surface area contributed by atoms with E-state index in [9.17, 15) is 0 Å². The summed E-state index contributed by atoms with van der Waals surface area (Å²) in [5.74, 6) is 0.884. The molecule has 2 aromatic rings. The number of rotatable bonds is 5. The molecule has 0 fully saturated rings. The first-order valence-corrected chi connectivity index (χ1v) is 9.59. The van der Waals surface area contributed by atoms with Gasteiger partial charge in [-0.25, -0.2) is 4.98 Å². The first-order valence-electron chi connectivity index (χ1n) is 6.81. The maximum atomic E-state index is 5.91. The van der Waals surface area contributed by atoms with Crippen LogP contribution in [0.25, 0.3) is 0 Å². The van der Waals surface area contributed by atoms with Crippen LogP contribution < -0.4 is 4.43 Å².